The molecule has 0 aromatic rings. The highest BCUT2D eigenvalue weighted by Gasteiger charge is 2.15. The fraction of sp³-hybridized carbons (Fsp3) is 1.00. The van der Waals surface area contributed by atoms with Crippen LogP contribution in [0, 0.1) is 11.8 Å². The second kappa shape index (κ2) is 6.41. The molecule has 0 aromatic carbocycles. The largest absolute Gasteiger partial charge is 0.353 e. The van der Waals surface area contributed by atoms with E-state index in [1.165, 1.54) is 19.3 Å². The van der Waals surface area contributed by atoms with Crippen molar-refractivity contribution in [3.05, 3.63) is 0 Å². The van der Waals surface area contributed by atoms with E-state index in [9.17, 15) is 0 Å². The molecule has 0 aliphatic carbocycles. The SMILES string of the molecule is CC(C)CC(C)COC1CCCCO1. The molecule has 1 heterocycles. The third kappa shape index (κ3) is 4.97. The van der Waals surface area contributed by atoms with Gasteiger partial charge in [0.05, 0.1) is 6.61 Å². The van der Waals surface area contributed by atoms with Crippen LogP contribution in [0.25, 0.3) is 0 Å². The monoisotopic (exact) mass is 200 g/mol. The summed E-state index contributed by atoms with van der Waals surface area (Å²) in [5, 5.41) is 0. The molecule has 0 N–H and O–H groups in total. The topological polar surface area (TPSA) is 18.5 Å². The Hall–Kier alpha value is -0.0800. The fourth-order valence-corrected chi connectivity index (χ4v) is 1.99. The van der Waals surface area contributed by atoms with Crippen molar-refractivity contribution >= 4 is 0 Å². The van der Waals surface area contributed by atoms with E-state index in [0.717, 1.165) is 25.6 Å². The highest BCUT2D eigenvalue weighted by atomic mass is 16.7. The summed E-state index contributed by atoms with van der Waals surface area (Å²) in [6.45, 7) is 8.50. The fourth-order valence-electron chi connectivity index (χ4n) is 1.99. The Morgan fingerprint density at radius 2 is 2.07 bits per heavy atom. The molecule has 1 aliphatic heterocycles. The van der Waals surface area contributed by atoms with Gasteiger partial charge >= 0.3 is 0 Å². The molecule has 0 radical (unpaired) electrons. The van der Waals surface area contributed by atoms with Gasteiger partial charge in [0, 0.05) is 6.61 Å². The van der Waals surface area contributed by atoms with Gasteiger partial charge in [0.25, 0.3) is 0 Å². The second-order valence-electron chi connectivity index (χ2n) is 4.86. The lowest BCUT2D eigenvalue weighted by Crippen LogP contribution is -2.24. The van der Waals surface area contributed by atoms with Gasteiger partial charge in [-0.05, 0) is 37.5 Å². The molecule has 1 saturated heterocycles. The predicted octanol–water partition coefficient (Wildman–Crippen LogP) is 3.21. The van der Waals surface area contributed by atoms with Crippen molar-refractivity contribution in [1.29, 1.82) is 0 Å². The van der Waals surface area contributed by atoms with Crippen LogP contribution in [0.2, 0.25) is 0 Å². The van der Waals surface area contributed by atoms with Crippen LogP contribution < -0.4 is 0 Å². The van der Waals surface area contributed by atoms with Crippen LogP contribution in [0.4, 0.5) is 0 Å². The first-order valence-electron chi connectivity index (χ1n) is 5.91. The smallest absolute Gasteiger partial charge is 0.157 e. The molecule has 2 nitrogen and oxygen atoms in total. The first-order valence-corrected chi connectivity index (χ1v) is 5.91. The molecule has 0 bridgehead atoms. The third-order valence-corrected chi connectivity index (χ3v) is 2.58. The lowest BCUT2D eigenvalue weighted by atomic mass is 10.00. The van der Waals surface area contributed by atoms with Crippen molar-refractivity contribution in [2.24, 2.45) is 11.8 Å². The number of hydrogen-bond donors (Lipinski definition) is 0. The summed E-state index contributed by atoms with van der Waals surface area (Å²) in [6.07, 6.45) is 4.85. The Kier molecular flexibility index (Phi) is 5.49. The van der Waals surface area contributed by atoms with Crippen LogP contribution in [0.3, 0.4) is 0 Å². The van der Waals surface area contributed by atoms with E-state index < -0.39 is 0 Å². The number of rotatable bonds is 5. The lowest BCUT2D eigenvalue weighted by molar-refractivity contribution is -0.168. The van der Waals surface area contributed by atoms with Crippen LogP contribution in [0.5, 0.6) is 0 Å². The van der Waals surface area contributed by atoms with E-state index in [4.69, 9.17) is 9.47 Å². The summed E-state index contributed by atoms with van der Waals surface area (Å²) in [5.41, 5.74) is 0. The first-order chi connectivity index (χ1) is 6.68. The van der Waals surface area contributed by atoms with Crippen molar-refractivity contribution in [2.75, 3.05) is 13.2 Å². The van der Waals surface area contributed by atoms with E-state index in [-0.39, 0.29) is 6.29 Å². The van der Waals surface area contributed by atoms with Gasteiger partial charge in [0.15, 0.2) is 6.29 Å². The van der Waals surface area contributed by atoms with E-state index in [1.54, 1.807) is 0 Å². The van der Waals surface area contributed by atoms with Gasteiger partial charge in [-0.25, -0.2) is 0 Å². The predicted molar refractivity (Wildman–Crippen MR) is 58.2 cm³/mol. The van der Waals surface area contributed by atoms with Crippen molar-refractivity contribution in [2.45, 2.75) is 52.7 Å². The van der Waals surface area contributed by atoms with Gasteiger partial charge in [0.2, 0.25) is 0 Å². The first kappa shape index (κ1) is 12.0. The summed E-state index contributed by atoms with van der Waals surface area (Å²) in [6, 6.07) is 0. The van der Waals surface area contributed by atoms with E-state index >= 15 is 0 Å². The van der Waals surface area contributed by atoms with Gasteiger partial charge in [-0.15, -0.1) is 0 Å². The average molecular weight is 200 g/mol. The maximum Gasteiger partial charge on any atom is 0.157 e. The van der Waals surface area contributed by atoms with Gasteiger partial charge in [-0.3, -0.25) is 0 Å². The molecule has 14 heavy (non-hydrogen) atoms. The van der Waals surface area contributed by atoms with Crippen molar-refractivity contribution in [3.63, 3.8) is 0 Å². The Balaban J connectivity index is 2.06. The molecule has 0 aromatic heterocycles. The quantitative estimate of drug-likeness (QED) is 0.678. The molecule has 2 atom stereocenters. The molecule has 2 unspecified atom stereocenters. The van der Waals surface area contributed by atoms with Crippen molar-refractivity contribution in [3.8, 4) is 0 Å². The van der Waals surface area contributed by atoms with Crippen LogP contribution in [-0.4, -0.2) is 19.5 Å². The summed E-state index contributed by atoms with van der Waals surface area (Å²) in [5.74, 6) is 1.42. The van der Waals surface area contributed by atoms with E-state index in [2.05, 4.69) is 20.8 Å². The van der Waals surface area contributed by atoms with Crippen molar-refractivity contribution < 1.29 is 9.47 Å². The standard InChI is InChI=1S/C12H24O2/c1-10(2)8-11(3)9-14-12-6-4-5-7-13-12/h10-12H,4-9H2,1-3H3. The molecule has 0 spiro atoms. The maximum atomic E-state index is 5.72. The van der Waals surface area contributed by atoms with Crippen LogP contribution in [0.1, 0.15) is 46.5 Å². The minimum atomic E-state index is 0.0818. The Morgan fingerprint density at radius 1 is 1.29 bits per heavy atom. The lowest BCUT2D eigenvalue weighted by Gasteiger charge is -2.24. The highest BCUT2D eigenvalue weighted by Crippen LogP contribution is 2.17. The molecule has 2 heteroatoms. The third-order valence-electron chi connectivity index (χ3n) is 2.58. The average Bonchev–Trinajstić information content (AvgIpc) is 2.15. The van der Waals surface area contributed by atoms with Gasteiger partial charge in [0.1, 0.15) is 0 Å². The van der Waals surface area contributed by atoms with Gasteiger partial charge < -0.3 is 9.47 Å². The number of ether oxygens (including phenoxy) is 2. The zero-order valence-electron chi connectivity index (χ0n) is 9.79. The Labute approximate surface area is 88.0 Å². The van der Waals surface area contributed by atoms with E-state index in [1.807, 2.05) is 0 Å². The molecule has 1 aliphatic rings. The zero-order valence-corrected chi connectivity index (χ0v) is 9.79. The van der Waals surface area contributed by atoms with E-state index in [0.29, 0.717) is 5.92 Å². The molecule has 84 valence electrons. The molecule has 0 saturated carbocycles. The van der Waals surface area contributed by atoms with Crippen molar-refractivity contribution in [1.82, 2.24) is 0 Å². The summed E-state index contributed by atoms with van der Waals surface area (Å²) >= 11 is 0. The number of hydrogen-bond acceptors (Lipinski definition) is 2. The molecular weight excluding hydrogens is 176 g/mol. The highest BCUT2D eigenvalue weighted by molar-refractivity contribution is 4.58. The normalized spacial score (nSPS) is 25.3. The molecular formula is C12H24O2. The minimum absolute atomic E-state index is 0.0818. The summed E-state index contributed by atoms with van der Waals surface area (Å²) in [4.78, 5) is 0. The Bertz CT molecular complexity index is 139. The summed E-state index contributed by atoms with van der Waals surface area (Å²) < 4.78 is 11.2. The second-order valence-corrected chi connectivity index (χ2v) is 4.86. The minimum Gasteiger partial charge on any atom is -0.353 e. The maximum absolute atomic E-state index is 5.72. The van der Waals surface area contributed by atoms with Crippen LogP contribution in [0.15, 0.2) is 0 Å². The van der Waals surface area contributed by atoms with Gasteiger partial charge in [-0.1, -0.05) is 20.8 Å². The Morgan fingerprint density at radius 3 is 2.64 bits per heavy atom. The molecule has 1 rings (SSSR count). The summed E-state index contributed by atoms with van der Waals surface area (Å²) in [7, 11) is 0. The molecule has 0 amide bonds. The van der Waals surface area contributed by atoms with Crippen LogP contribution in [-0.2, 0) is 9.47 Å². The van der Waals surface area contributed by atoms with Crippen LogP contribution >= 0.6 is 0 Å². The van der Waals surface area contributed by atoms with Gasteiger partial charge in [-0.2, -0.15) is 0 Å². The molecule has 1 fully saturated rings. The zero-order chi connectivity index (χ0) is 10.4.